The first-order valence-corrected chi connectivity index (χ1v) is 9.16. The first kappa shape index (κ1) is 19.3. The predicted octanol–water partition coefficient (Wildman–Crippen LogP) is 2.76. The molecule has 1 aliphatic heterocycles. The van der Waals surface area contributed by atoms with Crippen molar-refractivity contribution in [1.82, 2.24) is 10.1 Å². The van der Waals surface area contributed by atoms with Gasteiger partial charge in [0.1, 0.15) is 5.75 Å². The van der Waals surface area contributed by atoms with Crippen molar-refractivity contribution in [2.45, 2.75) is 19.4 Å². The lowest BCUT2D eigenvalue weighted by atomic mass is 10.2. The average Bonchev–Trinajstić information content (AvgIpc) is 3.38. The lowest BCUT2D eigenvalue weighted by Gasteiger charge is -2.13. The van der Waals surface area contributed by atoms with Crippen LogP contribution in [0.15, 0.2) is 53.1 Å². The van der Waals surface area contributed by atoms with Gasteiger partial charge in [-0.3, -0.25) is 14.5 Å². The summed E-state index contributed by atoms with van der Waals surface area (Å²) >= 11 is 0. The number of hydrogen-bond donors (Lipinski definition) is 0. The number of carbonyl (C=O) groups is 3. The zero-order valence-corrected chi connectivity index (χ0v) is 16.0. The molecule has 152 valence electrons. The van der Waals surface area contributed by atoms with Gasteiger partial charge in [-0.2, -0.15) is 4.98 Å². The topological polar surface area (TPSA) is 112 Å². The van der Waals surface area contributed by atoms with E-state index in [0.29, 0.717) is 22.8 Å². The fourth-order valence-electron chi connectivity index (χ4n) is 3.07. The van der Waals surface area contributed by atoms with Crippen LogP contribution in [0.2, 0.25) is 0 Å². The van der Waals surface area contributed by atoms with Crippen LogP contribution in [0, 0.1) is 0 Å². The molecule has 2 amide bonds. The van der Waals surface area contributed by atoms with Gasteiger partial charge in [0.15, 0.2) is 6.61 Å². The second-order valence-corrected chi connectivity index (χ2v) is 6.46. The Hall–Kier alpha value is -4.01. The van der Waals surface area contributed by atoms with Crippen molar-refractivity contribution >= 4 is 23.5 Å². The van der Waals surface area contributed by atoms with Crippen LogP contribution in [0.1, 0.15) is 29.1 Å². The van der Waals surface area contributed by atoms with E-state index < -0.39 is 5.97 Å². The lowest BCUT2D eigenvalue weighted by molar-refractivity contribution is -0.121. The SMILES string of the molecule is COc1ccccc1-c1noc(COC(=O)c2ccc(N3C(=O)CCC3=O)cc2)n1. The minimum atomic E-state index is -0.599. The number of methoxy groups -OCH3 is 1. The molecule has 0 atom stereocenters. The van der Waals surface area contributed by atoms with Gasteiger partial charge < -0.3 is 14.0 Å². The van der Waals surface area contributed by atoms with Gasteiger partial charge in [0.25, 0.3) is 5.89 Å². The van der Waals surface area contributed by atoms with E-state index in [1.807, 2.05) is 12.1 Å². The highest BCUT2D eigenvalue weighted by atomic mass is 16.6. The number of amides is 2. The quantitative estimate of drug-likeness (QED) is 0.453. The molecule has 9 nitrogen and oxygen atoms in total. The van der Waals surface area contributed by atoms with Crippen LogP contribution < -0.4 is 9.64 Å². The smallest absolute Gasteiger partial charge is 0.338 e. The summed E-state index contributed by atoms with van der Waals surface area (Å²) in [6.07, 6.45) is 0.396. The number of benzene rings is 2. The van der Waals surface area contributed by atoms with E-state index in [4.69, 9.17) is 14.0 Å². The molecule has 0 radical (unpaired) electrons. The molecule has 4 rings (SSSR count). The molecule has 0 unspecified atom stereocenters. The normalized spacial score (nSPS) is 13.6. The van der Waals surface area contributed by atoms with Crippen LogP contribution >= 0.6 is 0 Å². The van der Waals surface area contributed by atoms with Crippen LogP contribution in [0.4, 0.5) is 5.69 Å². The molecule has 1 saturated heterocycles. The standard InChI is InChI=1S/C21H17N3O6/c1-28-16-5-3-2-4-15(16)20-22-17(30-23-20)12-29-21(27)13-6-8-14(9-7-13)24-18(25)10-11-19(24)26/h2-9H,10-12H2,1H3. The van der Waals surface area contributed by atoms with Crippen LogP contribution in [0.3, 0.4) is 0 Å². The van der Waals surface area contributed by atoms with Crippen molar-refractivity contribution < 1.29 is 28.4 Å². The molecule has 1 fully saturated rings. The molecule has 30 heavy (non-hydrogen) atoms. The average molecular weight is 407 g/mol. The van der Waals surface area contributed by atoms with Crippen LogP contribution in [0.25, 0.3) is 11.4 Å². The van der Waals surface area contributed by atoms with Crippen LogP contribution in [0.5, 0.6) is 5.75 Å². The Bertz CT molecular complexity index is 1090. The fraction of sp³-hybridized carbons (Fsp3) is 0.190. The Morgan fingerprint density at radius 1 is 1.07 bits per heavy atom. The van der Waals surface area contributed by atoms with E-state index in [1.165, 1.54) is 24.3 Å². The van der Waals surface area contributed by atoms with Gasteiger partial charge in [-0.1, -0.05) is 17.3 Å². The third kappa shape index (κ3) is 3.77. The van der Waals surface area contributed by atoms with E-state index in [0.717, 1.165) is 4.90 Å². The number of imide groups is 1. The van der Waals surface area contributed by atoms with Gasteiger partial charge in [-0.25, -0.2) is 4.79 Å². The molecule has 3 aromatic rings. The summed E-state index contributed by atoms with van der Waals surface area (Å²) in [4.78, 5) is 41.2. The van der Waals surface area contributed by atoms with Gasteiger partial charge in [-0.15, -0.1) is 0 Å². The summed E-state index contributed by atoms with van der Waals surface area (Å²) in [5, 5.41) is 3.89. The second-order valence-electron chi connectivity index (χ2n) is 6.46. The number of nitrogens with zero attached hydrogens (tertiary/aromatic N) is 3. The Labute approximate surface area is 171 Å². The maximum Gasteiger partial charge on any atom is 0.338 e. The number of aromatic nitrogens is 2. The lowest BCUT2D eigenvalue weighted by Crippen LogP contribution is -2.28. The summed E-state index contributed by atoms with van der Waals surface area (Å²) in [5.74, 6) is -0.0540. The monoisotopic (exact) mass is 407 g/mol. The highest BCUT2D eigenvalue weighted by molar-refractivity contribution is 6.19. The maximum atomic E-state index is 12.3. The minimum Gasteiger partial charge on any atom is -0.496 e. The van der Waals surface area contributed by atoms with Crippen LogP contribution in [-0.4, -0.2) is 35.0 Å². The number of carbonyl (C=O) groups excluding carboxylic acids is 3. The van der Waals surface area contributed by atoms with Crippen molar-refractivity contribution in [2.24, 2.45) is 0 Å². The number of para-hydroxylation sites is 1. The molecular weight excluding hydrogens is 390 g/mol. The van der Waals surface area contributed by atoms with Gasteiger partial charge in [0.05, 0.1) is 23.9 Å². The highest BCUT2D eigenvalue weighted by Gasteiger charge is 2.30. The molecule has 0 spiro atoms. The van der Waals surface area contributed by atoms with Gasteiger partial charge in [0.2, 0.25) is 17.6 Å². The van der Waals surface area contributed by atoms with E-state index in [1.54, 1.807) is 19.2 Å². The van der Waals surface area contributed by atoms with E-state index in [-0.39, 0.29) is 42.7 Å². The maximum absolute atomic E-state index is 12.3. The van der Waals surface area contributed by atoms with Gasteiger partial charge >= 0.3 is 5.97 Å². The number of anilines is 1. The number of ether oxygens (including phenoxy) is 2. The fourth-order valence-corrected chi connectivity index (χ4v) is 3.07. The zero-order chi connectivity index (χ0) is 21.1. The molecule has 0 bridgehead atoms. The molecule has 1 aromatic heterocycles. The largest absolute Gasteiger partial charge is 0.496 e. The second kappa shape index (κ2) is 8.16. The third-order valence-electron chi connectivity index (χ3n) is 4.56. The highest BCUT2D eigenvalue weighted by Crippen LogP contribution is 2.27. The third-order valence-corrected chi connectivity index (χ3v) is 4.56. The van der Waals surface area contributed by atoms with E-state index in [9.17, 15) is 14.4 Å². The molecule has 2 heterocycles. The Morgan fingerprint density at radius 2 is 1.77 bits per heavy atom. The van der Waals surface area contributed by atoms with Crippen molar-refractivity contribution in [1.29, 1.82) is 0 Å². The molecule has 0 N–H and O–H groups in total. The summed E-state index contributed by atoms with van der Waals surface area (Å²) in [6.45, 7) is -0.203. The van der Waals surface area contributed by atoms with Crippen molar-refractivity contribution in [3.8, 4) is 17.1 Å². The van der Waals surface area contributed by atoms with Gasteiger partial charge in [0, 0.05) is 12.8 Å². The van der Waals surface area contributed by atoms with Gasteiger partial charge in [-0.05, 0) is 36.4 Å². The summed E-state index contributed by atoms with van der Waals surface area (Å²) in [5.41, 5.74) is 1.35. The molecule has 1 aliphatic rings. The molecule has 2 aromatic carbocycles. The van der Waals surface area contributed by atoms with Crippen LogP contribution in [-0.2, 0) is 20.9 Å². The molecule has 0 aliphatic carbocycles. The summed E-state index contributed by atoms with van der Waals surface area (Å²) in [6, 6.07) is 13.3. The molecular formula is C21H17N3O6. The number of hydrogen-bond acceptors (Lipinski definition) is 8. The summed E-state index contributed by atoms with van der Waals surface area (Å²) < 4.78 is 15.6. The summed E-state index contributed by atoms with van der Waals surface area (Å²) in [7, 11) is 1.54. The molecule has 9 heteroatoms. The Kier molecular flexibility index (Phi) is 5.25. The van der Waals surface area contributed by atoms with Crippen molar-refractivity contribution in [2.75, 3.05) is 12.0 Å². The van der Waals surface area contributed by atoms with Crippen molar-refractivity contribution in [3.63, 3.8) is 0 Å². The van der Waals surface area contributed by atoms with E-state index in [2.05, 4.69) is 10.1 Å². The minimum absolute atomic E-state index is 0.133. The van der Waals surface area contributed by atoms with E-state index >= 15 is 0 Å². The Balaban J connectivity index is 1.40. The number of esters is 1. The first-order chi connectivity index (χ1) is 14.6. The first-order valence-electron chi connectivity index (χ1n) is 9.16. The Morgan fingerprint density at radius 3 is 2.47 bits per heavy atom. The van der Waals surface area contributed by atoms with Crippen molar-refractivity contribution in [3.05, 3.63) is 60.0 Å². The molecule has 0 saturated carbocycles. The predicted molar refractivity (Wildman–Crippen MR) is 104 cm³/mol. The number of rotatable bonds is 6. The zero-order valence-electron chi connectivity index (χ0n) is 16.0.